The van der Waals surface area contributed by atoms with Crippen LogP contribution >= 0.6 is 0 Å². The first kappa shape index (κ1) is 25.6. The molecule has 3 aromatic carbocycles. The van der Waals surface area contributed by atoms with E-state index in [2.05, 4.69) is 36.6 Å². The lowest BCUT2D eigenvalue weighted by molar-refractivity contribution is -0.111. The number of rotatable bonds is 10. The Kier molecular flexibility index (Phi) is 9.07. The second kappa shape index (κ2) is 12.4. The SMILES string of the molecule is CCOc1cc(NC(=O)c2ccccc2)c(OCC)cc1NC(=O)/C=C/c1ccc(C(C)C)cc1. The molecule has 35 heavy (non-hydrogen) atoms. The molecule has 0 fully saturated rings. The summed E-state index contributed by atoms with van der Waals surface area (Å²) < 4.78 is 11.5. The van der Waals surface area contributed by atoms with Gasteiger partial charge in [0.25, 0.3) is 5.91 Å². The van der Waals surface area contributed by atoms with Gasteiger partial charge >= 0.3 is 0 Å². The van der Waals surface area contributed by atoms with Crippen LogP contribution in [0.3, 0.4) is 0 Å². The number of amides is 2. The van der Waals surface area contributed by atoms with E-state index < -0.39 is 0 Å². The highest BCUT2D eigenvalue weighted by atomic mass is 16.5. The van der Waals surface area contributed by atoms with Crippen molar-refractivity contribution in [3.8, 4) is 11.5 Å². The molecule has 0 heterocycles. The van der Waals surface area contributed by atoms with Crippen molar-refractivity contribution >= 4 is 29.3 Å². The molecule has 0 spiro atoms. The summed E-state index contributed by atoms with van der Waals surface area (Å²) in [4.78, 5) is 25.4. The van der Waals surface area contributed by atoms with Gasteiger partial charge in [-0.05, 0) is 49.1 Å². The molecule has 0 unspecified atom stereocenters. The van der Waals surface area contributed by atoms with E-state index in [0.29, 0.717) is 47.6 Å². The predicted octanol–water partition coefficient (Wildman–Crippen LogP) is 6.51. The molecule has 2 N–H and O–H groups in total. The Hall–Kier alpha value is -4.06. The smallest absolute Gasteiger partial charge is 0.255 e. The van der Waals surface area contributed by atoms with Gasteiger partial charge in [0, 0.05) is 23.8 Å². The first-order valence-corrected chi connectivity index (χ1v) is 11.8. The highest BCUT2D eigenvalue weighted by Crippen LogP contribution is 2.37. The summed E-state index contributed by atoms with van der Waals surface area (Å²) in [5, 5.41) is 5.74. The summed E-state index contributed by atoms with van der Waals surface area (Å²) in [6, 6.07) is 20.3. The Morgan fingerprint density at radius 1 is 0.829 bits per heavy atom. The lowest BCUT2D eigenvalue weighted by Gasteiger charge is -2.17. The van der Waals surface area contributed by atoms with Crippen molar-refractivity contribution in [2.24, 2.45) is 0 Å². The topological polar surface area (TPSA) is 76.7 Å². The van der Waals surface area contributed by atoms with Crippen LogP contribution in [0.4, 0.5) is 11.4 Å². The van der Waals surface area contributed by atoms with Gasteiger partial charge in [-0.3, -0.25) is 9.59 Å². The minimum Gasteiger partial charge on any atom is -0.492 e. The summed E-state index contributed by atoms with van der Waals surface area (Å²) in [7, 11) is 0. The third-order valence-electron chi connectivity index (χ3n) is 5.25. The number of nitrogens with one attached hydrogen (secondary N) is 2. The van der Waals surface area contributed by atoms with Crippen molar-refractivity contribution < 1.29 is 19.1 Å². The molecule has 0 aromatic heterocycles. The third kappa shape index (κ3) is 7.21. The van der Waals surface area contributed by atoms with Crippen molar-refractivity contribution in [2.45, 2.75) is 33.6 Å². The van der Waals surface area contributed by atoms with Crippen molar-refractivity contribution in [2.75, 3.05) is 23.8 Å². The maximum atomic E-state index is 12.7. The van der Waals surface area contributed by atoms with E-state index >= 15 is 0 Å². The molecule has 2 amide bonds. The Balaban J connectivity index is 1.81. The Labute approximate surface area is 207 Å². The van der Waals surface area contributed by atoms with Crippen molar-refractivity contribution in [3.63, 3.8) is 0 Å². The summed E-state index contributed by atoms with van der Waals surface area (Å²) in [5.74, 6) is 0.749. The maximum Gasteiger partial charge on any atom is 0.255 e. The van der Waals surface area contributed by atoms with Crippen LogP contribution in [0, 0.1) is 0 Å². The molecule has 3 aromatic rings. The van der Waals surface area contributed by atoms with Crippen LogP contribution in [-0.2, 0) is 4.79 Å². The van der Waals surface area contributed by atoms with Crippen LogP contribution in [0.25, 0.3) is 6.08 Å². The van der Waals surface area contributed by atoms with Gasteiger partial charge in [0.2, 0.25) is 5.91 Å². The van der Waals surface area contributed by atoms with Crippen LogP contribution in [0.2, 0.25) is 0 Å². The molecule has 182 valence electrons. The lowest BCUT2D eigenvalue weighted by Crippen LogP contribution is -2.14. The number of carbonyl (C=O) groups is 2. The van der Waals surface area contributed by atoms with Gasteiger partial charge in [0.1, 0.15) is 11.5 Å². The van der Waals surface area contributed by atoms with Gasteiger partial charge in [-0.2, -0.15) is 0 Å². The fourth-order valence-electron chi connectivity index (χ4n) is 3.43. The zero-order valence-electron chi connectivity index (χ0n) is 20.6. The average molecular weight is 473 g/mol. The molecule has 0 aliphatic rings. The predicted molar refractivity (Wildman–Crippen MR) is 141 cm³/mol. The van der Waals surface area contributed by atoms with Crippen molar-refractivity contribution in [1.29, 1.82) is 0 Å². The molecule has 6 heteroatoms. The van der Waals surface area contributed by atoms with E-state index in [4.69, 9.17) is 9.47 Å². The molecule has 0 bridgehead atoms. The standard InChI is InChI=1S/C29H32N2O4/c1-5-34-26-19-25(31-29(33)23-10-8-7-9-11-23)27(35-6-2)18-24(26)30-28(32)17-14-21-12-15-22(16-13-21)20(3)4/h7-20H,5-6H2,1-4H3,(H,30,32)(H,31,33)/b17-14+. The van der Waals surface area contributed by atoms with Crippen molar-refractivity contribution in [3.05, 3.63) is 89.5 Å². The highest BCUT2D eigenvalue weighted by molar-refractivity contribution is 6.06. The number of benzene rings is 3. The first-order valence-electron chi connectivity index (χ1n) is 11.8. The van der Waals surface area contributed by atoms with Crippen LogP contribution in [0.5, 0.6) is 11.5 Å². The largest absolute Gasteiger partial charge is 0.492 e. The van der Waals surface area contributed by atoms with Gasteiger partial charge in [-0.1, -0.05) is 56.3 Å². The normalized spacial score (nSPS) is 10.9. The number of hydrogen-bond acceptors (Lipinski definition) is 4. The van der Waals surface area contributed by atoms with Gasteiger partial charge < -0.3 is 20.1 Å². The monoisotopic (exact) mass is 472 g/mol. The zero-order valence-corrected chi connectivity index (χ0v) is 20.6. The van der Waals surface area contributed by atoms with E-state index in [-0.39, 0.29) is 11.8 Å². The highest BCUT2D eigenvalue weighted by Gasteiger charge is 2.16. The Bertz CT molecular complexity index is 1170. The first-order chi connectivity index (χ1) is 16.9. The van der Waals surface area contributed by atoms with E-state index in [1.54, 1.807) is 42.5 Å². The van der Waals surface area contributed by atoms with E-state index in [9.17, 15) is 9.59 Å². The van der Waals surface area contributed by atoms with Crippen LogP contribution < -0.4 is 20.1 Å². The Morgan fingerprint density at radius 3 is 1.94 bits per heavy atom. The zero-order chi connectivity index (χ0) is 25.2. The fourth-order valence-corrected chi connectivity index (χ4v) is 3.43. The minimum atomic E-state index is -0.303. The molecular weight excluding hydrogens is 440 g/mol. The number of carbonyl (C=O) groups excluding carboxylic acids is 2. The van der Waals surface area contributed by atoms with Gasteiger partial charge in [0.15, 0.2) is 0 Å². The molecule has 0 atom stereocenters. The maximum absolute atomic E-state index is 12.7. The molecular formula is C29H32N2O4. The number of anilines is 2. The lowest BCUT2D eigenvalue weighted by atomic mass is 10.0. The number of ether oxygens (including phenoxy) is 2. The molecule has 0 aliphatic carbocycles. The summed E-state index contributed by atoms with van der Waals surface area (Å²) in [6.45, 7) is 8.77. The van der Waals surface area contributed by atoms with Crippen LogP contribution in [-0.4, -0.2) is 25.0 Å². The number of hydrogen-bond donors (Lipinski definition) is 2. The fraction of sp³-hybridized carbons (Fsp3) is 0.241. The summed E-state index contributed by atoms with van der Waals surface area (Å²) in [5.41, 5.74) is 3.62. The van der Waals surface area contributed by atoms with E-state index in [1.165, 1.54) is 11.6 Å². The average Bonchev–Trinajstić information content (AvgIpc) is 2.86. The van der Waals surface area contributed by atoms with E-state index in [1.807, 2.05) is 32.0 Å². The molecule has 0 aliphatic heterocycles. The quantitative estimate of drug-likeness (QED) is 0.330. The molecule has 0 saturated heterocycles. The summed E-state index contributed by atoms with van der Waals surface area (Å²) >= 11 is 0. The van der Waals surface area contributed by atoms with Crippen LogP contribution in [0.1, 0.15) is 55.1 Å². The summed E-state index contributed by atoms with van der Waals surface area (Å²) in [6.07, 6.45) is 3.24. The van der Waals surface area contributed by atoms with Crippen LogP contribution in [0.15, 0.2) is 72.8 Å². The molecule has 0 radical (unpaired) electrons. The minimum absolute atomic E-state index is 0.266. The third-order valence-corrected chi connectivity index (χ3v) is 5.25. The van der Waals surface area contributed by atoms with Crippen molar-refractivity contribution in [1.82, 2.24) is 0 Å². The molecule has 0 saturated carbocycles. The second-order valence-electron chi connectivity index (χ2n) is 8.17. The van der Waals surface area contributed by atoms with Gasteiger partial charge in [-0.25, -0.2) is 0 Å². The molecule has 3 rings (SSSR count). The van der Waals surface area contributed by atoms with Gasteiger partial charge in [0.05, 0.1) is 24.6 Å². The Morgan fingerprint density at radius 2 is 1.40 bits per heavy atom. The van der Waals surface area contributed by atoms with E-state index in [0.717, 1.165) is 5.56 Å². The second-order valence-corrected chi connectivity index (χ2v) is 8.17. The van der Waals surface area contributed by atoms with Gasteiger partial charge in [-0.15, -0.1) is 0 Å². The molecule has 6 nitrogen and oxygen atoms in total.